The first kappa shape index (κ1) is 21.2. The van der Waals surface area contributed by atoms with Crippen LogP contribution in [0.15, 0.2) is 48.7 Å². The van der Waals surface area contributed by atoms with Crippen LogP contribution in [0.5, 0.6) is 5.75 Å². The van der Waals surface area contributed by atoms with Gasteiger partial charge in [-0.15, -0.1) is 0 Å². The monoisotopic (exact) mass is 421 g/mol. The molecule has 0 spiro atoms. The van der Waals surface area contributed by atoms with Crippen molar-refractivity contribution < 1.29 is 9.53 Å². The van der Waals surface area contributed by atoms with Gasteiger partial charge in [0.2, 0.25) is 0 Å². The van der Waals surface area contributed by atoms with E-state index in [1.54, 1.807) is 7.11 Å². The number of piperidine rings is 1. The second kappa shape index (κ2) is 9.39. The van der Waals surface area contributed by atoms with Crippen LogP contribution in [-0.2, 0) is 0 Å². The summed E-state index contributed by atoms with van der Waals surface area (Å²) in [4.78, 5) is 21.7. The van der Waals surface area contributed by atoms with Gasteiger partial charge >= 0.3 is 6.03 Å². The maximum Gasteiger partial charge on any atom is 0.317 e. The first-order valence-electron chi connectivity index (χ1n) is 10.9. The quantitative estimate of drug-likeness (QED) is 0.662. The Morgan fingerprint density at radius 2 is 2.13 bits per heavy atom. The number of aromatic nitrogens is 2. The van der Waals surface area contributed by atoms with E-state index in [0.29, 0.717) is 13.1 Å². The van der Waals surface area contributed by atoms with Gasteiger partial charge in [0.1, 0.15) is 11.6 Å². The van der Waals surface area contributed by atoms with Crippen molar-refractivity contribution in [2.45, 2.75) is 18.8 Å². The molecule has 1 aromatic carbocycles. The average Bonchev–Trinajstić information content (AvgIpc) is 3.19. The van der Waals surface area contributed by atoms with E-state index < -0.39 is 0 Å². The molecule has 164 valence electrons. The van der Waals surface area contributed by atoms with Gasteiger partial charge in [-0.05, 0) is 51.2 Å². The number of fused-ring (bicyclic) bond motifs is 1. The molecule has 7 heteroatoms. The largest absolute Gasteiger partial charge is 0.497 e. The zero-order valence-electron chi connectivity index (χ0n) is 18.5. The number of urea groups is 1. The summed E-state index contributed by atoms with van der Waals surface area (Å²) in [5.74, 6) is 2.02. The molecule has 1 fully saturated rings. The van der Waals surface area contributed by atoms with Crippen LogP contribution in [0.2, 0.25) is 0 Å². The van der Waals surface area contributed by atoms with Crippen molar-refractivity contribution >= 4 is 11.5 Å². The highest BCUT2D eigenvalue weighted by Crippen LogP contribution is 2.33. The van der Waals surface area contributed by atoms with Gasteiger partial charge < -0.3 is 24.3 Å². The number of methoxy groups -OCH3 is 1. The fourth-order valence-electron chi connectivity index (χ4n) is 4.20. The fraction of sp³-hybridized carbons (Fsp3) is 0.417. The highest BCUT2D eigenvalue weighted by molar-refractivity contribution is 5.78. The molecule has 2 aromatic heterocycles. The summed E-state index contributed by atoms with van der Waals surface area (Å²) in [7, 11) is 5.69. The Labute approximate surface area is 183 Å². The molecule has 31 heavy (non-hydrogen) atoms. The van der Waals surface area contributed by atoms with E-state index in [1.165, 1.54) is 0 Å². The van der Waals surface area contributed by atoms with Crippen molar-refractivity contribution in [1.29, 1.82) is 0 Å². The van der Waals surface area contributed by atoms with Crippen LogP contribution >= 0.6 is 0 Å². The second-order valence-electron chi connectivity index (χ2n) is 8.33. The molecule has 1 aliphatic heterocycles. The van der Waals surface area contributed by atoms with Crippen LogP contribution in [-0.4, -0.2) is 72.6 Å². The normalized spacial score (nSPS) is 16.6. The third kappa shape index (κ3) is 4.66. The summed E-state index contributed by atoms with van der Waals surface area (Å²) in [5, 5.41) is 3.04. The van der Waals surface area contributed by atoms with Crippen LogP contribution in [0.3, 0.4) is 0 Å². The molecule has 0 bridgehead atoms. The van der Waals surface area contributed by atoms with Gasteiger partial charge in [0.15, 0.2) is 0 Å². The Kier molecular flexibility index (Phi) is 6.42. The van der Waals surface area contributed by atoms with Gasteiger partial charge in [0.25, 0.3) is 0 Å². The van der Waals surface area contributed by atoms with Crippen molar-refractivity contribution in [1.82, 2.24) is 24.5 Å². The molecule has 0 saturated carbocycles. The van der Waals surface area contributed by atoms with E-state index in [2.05, 4.69) is 32.9 Å². The number of hydrogen-bond donors (Lipinski definition) is 1. The topological polar surface area (TPSA) is 62.1 Å². The van der Waals surface area contributed by atoms with Crippen molar-refractivity contribution in [3.8, 4) is 17.0 Å². The van der Waals surface area contributed by atoms with E-state index in [4.69, 9.17) is 9.72 Å². The molecule has 3 aromatic rings. The molecule has 1 atom stereocenters. The van der Waals surface area contributed by atoms with E-state index in [9.17, 15) is 4.79 Å². The van der Waals surface area contributed by atoms with Gasteiger partial charge in [0, 0.05) is 43.9 Å². The van der Waals surface area contributed by atoms with Gasteiger partial charge in [-0.1, -0.05) is 18.2 Å². The lowest BCUT2D eigenvalue weighted by atomic mass is 9.97. The number of nitrogens with zero attached hydrogens (tertiary/aromatic N) is 4. The number of benzene rings is 1. The first-order chi connectivity index (χ1) is 15.1. The van der Waals surface area contributed by atoms with Crippen molar-refractivity contribution in [3.63, 3.8) is 0 Å². The number of carbonyl (C=O) groups is 1. The number of imidazole rings is 1. The first-order valence-corrected chi connectivity index (χ1v) is 10.9. The Bertz CT molecular complexity index is 1050. The minimum atomic E-state index is 0.0143. The maximum absolute atomic E-state index is 12.7. The second-order valence-corrected chi connectivity index (χ2v) is 8.33. The molecule has 0 aliphatic carbocycles. The molecule has 1 saturated heterocycles. The Balaban J connectivity index is 1.60. The minimum absolute atomic E-state index is 0.0143. The molecule has 0 radical (unpaired) electrons. The summed E-state index contributed by atoms with van der Waals surface area (Å²) < 4.78 is 7.58. The lowest BCUT2D eigenvalue weighted by molar-refractivity contribution is 0.177. The van der Waals surface area contributed by atoms with Gasteiger partial charge in [0.05, 0.1) is 18.3 Å². The minimum Gasteiger partial charge on any atom is -0.497 e. The Hall–Kier alpha value is -3.06. The molecule has 1 N–H and O–H groups in total. The summed E-state index contributed by atoms with van der Waals surface area (Å²) in [6.45, 7) is 2.95. The summed E-state index contributed by atoms with van der Waals surface area (Å²) in [6, 6.07) is 14.2. The Morgan fingerprint density at radius 1 is 1.26 bits per heavy atom. The van der Waals surface area contributed by atoms with Crippen LogP contribution in [0.4, 0.5) is 4.79 Å². The number of likely N-dealkylation sites (N-methyl/N-ethyl adjacent to an activating group) is 1. The lowest BCUT2D eigenvalue weighted by Crippen LogP contribution is -2.46. The highest BCUT2D eigenvalue weighted by atomic mass is 16.5. The number of amides is 2. The van der Waals surface area contributed by atoms with Crippen molar-refractivity contribution in [2.24, 2.45) is 0 Å². The van der Waals surface area contributed by atoms with Crippen LogP contribution < -0.4 is 10.1 Å². The van der Waals surface area contributed by atoms with E-state index in [-0.39, 0.29) is 11.9 Å². The summed E-state index contributed by atoms with van der Waals surface area (Å²) >= 11 is 0. The number of hydrogen-bond acceptors (Lipinski definition) is 4. The molecule has 0 unspecified atom stereocenters. The SMILES string of the molecule is COc1cccc(-c2nc([C@@H]3CCCN(C(=O)NCCN(C)C)C3)n3ccccc23)c1. The number of rotatable bonds is 6. The average molecular weight is 422 g/mol. The molecular weight excluding hydrogens is 390 g/mol. The van der Waals surface area contributed by atoms with E-state index >= 15 is 0 Å². The molecule has 3 heterocycles. The van der Waals surface area contributed by atoms with Crippen LogP contribution in [0.1, 0.15) is 24.6 Å². The maximum atomic E-state index is 12.7. The summed E-state index contributed by atoms with van der Waals surface area (Å²) in [5.41, 5.74) is 3.05. The van der Waals surface area contributed by atoms with E-state index in [0.717, 1.165) is 54.3 Å². The Morgan fingerprint density at radius 3 is 2.94 bits per heavy atom. The third-order valence-electron chi connectivity index (χ3n) is 5.83. The highest BCUT2D eigenvalue weighted by Gasteiger charge is 2.28. The number of nitrogens with one attached hydrogen (secondary N) is 1. The fourth-order valence-corrected chi connectivity index (χ4v) is 4.20. The van der Waals surface area contributed by atoms with Crippen LogP contribution in [0, 0.1) is 0 Å². The smallest absolute Gasteiger partial charge is 0.317 e. The van der Waals surface area contributed by atoms with Crippen LogP contribution in [0.25, 0.3) is 16.8 Å². The number of ether oxygens (including phenoxy) is 1. The zero-order valence-corrected chi connectivity index (χ0v) is 18.5. The van der Waals surface area contributed by atoms with Crippen molar-refractivity contribution in [3.05, 3.63) is 54.5 Å². The number of likely N-dealkylation sites (tertiary alicyclic amines) is 1. The van der Waals surface area contributed by atoms with Gasteiger partial charge in [-0.25, -0.2) is 9.78 Å². The summed E-state index contributed by atoms with van der Waals surface area (Å²) in [6.07, 6.45) is 4.06. The third-order valence-corrected chi connectivity index (χ3v) is 5.83. The van der Waals surface area contributed by atoms with Gasteiger partial charge in [-0.3, -0.25) is 0 Å². The molecule has 7 nitrogen and oxygen atoms in total. The number of carbonyl (C=O) groups excluding carboxylic acids is 1. The predicted molar refractivity (Wildman–Crippen MR) is 123 cm³/mol. The van der Waals surface area contributed by atoms with E-state index in [1.807, 2.05) is 49.3 Å². The van der Waals surface area contributed by atoms with Crippen molar-refractivity contribution in [2.75, 3.05) is 47.4 Å². The number of pyridine rings is 1. The molecular formula is C24H31N5O2. The predicted octanol–water partition coefficient (Wildman–Crippen LogP) is 3.46. The molecule has 1 aliphatic rings. The zero-order chi connectivity index (χ0) is 21.8. The van der Waals surface area contributed by atoms with Gasteiger partial charge in [-0.2, -0.15) is 0 Å². The lowest BCUT2D eigenvalue weighted by Gasteiger charge is -2.32. The standard InChI is InChI=1S/C24H31N5O2/c1-27(2)15-12-25-24(30)28-13-7-9-19(17-28)23-26-22(21-11-4-5-14-29(21)23)18-8-6-10-20(16-18)31-3/h4-6,8,10-11,14,16,19H,7,9,12-13,15,17H2,1-3H3,(H,25,30)/t19-/m1/s1. The molecule has 4 rings (SSSR count). The molecule has 2 amide bonds.